The van der Waals surface area contributed by atoms with Crippen molar-refractivity contribution in [2.24, 2.45) is 11.8 Å². The van der Waals surface area contributed by atoms with Crippen LogP contribution in [-0.2, 0) is 28.6 Å². The van der Waals surface area contributed by atoms with E-state index in [4.69, 9.17) is 15.0 Å². The zero-order valence-corrected chi connectivity index (χ0v) is 25.7. The van der Waals surface area contributed by atoms with Crippen molar-refractivity contribution >= 4 is 30.2 Å². The first-order valence-corrected chi connectivity index (χ1v) is 14.8. The van der Waals surface area contributed by atoms with Gasteiger partial charge in [0.2, 0.25) is 0 Å². The minimum atomic E-state index is -0.630. The molecule has 0 unspecified atom stereocenters. The van der Waals surface area contributed by atoms with Gasteiger partial charge in [0.05, 0.1) is 31.7 Å². The van der Waals surface area contributed by atoms with Crippen molar-refractivity contribution in [1.82, 2.24) is 0 Å². The van der Waals surface area contributed by atoms with Gasteiger partial charge < -0.3 is 19.7 Å². The van der Waals surface area contributed by atoms with Gasteiger partial charge in [0, 0.05) is 0 Å². The minimum absolute atomic E-state index is 0.0404. The SMILES string of the molecule is C=Cc1ccccc1.CCOC(=O)C=[N+]=[N-].CCOC(=O)[C@@H]1C[C@@H]1c1ccccc1.CCOC(=O)[C@@H]1C[C@H]1c1ccccc1. The smallest absolute Gasteiger partial charge is 0.413 e. The molecule has 2 saturated carbocycles. The fourth-order valence-corrected chi connectivity index (χ4v) is 4.36. The fraction of sp³-hybridized carbons (Fsp3) is 0.333. The number of hydrogen-bond acceptors (Lipinski definition) is 6. The van der Waals surface area contributed by atoms with Crippen molar-refractivity contribution in [2.45, 2.75) is 45.4 Å². The van der Waals surface area contributed by atoms with E-state index in [1.165, 1.54) is 16.7 Å². The van der Waals surface area contributed by atoms with Crippen molar-refractivity contribution in [3.05, 3.63) is 120 Å². The molecule has 2 aliphatic rings. The van der Waals surface area contributed by atoms with E-state index in [0.29, 0.717) is 37.9 Å². The van der Waals surface area contributed by atoms with E-state index in [0.717, 1.165) is 12.8 Å². The number of benzene rings is 3. The van der Waals surface area contributed by atoms with Gasteiger partial charge in [-0.2, -0.15) is 4.79 Å². The second-order valence-electron chi connectivity index (χ2n) is 9.83. The van der Waals surface area contributed by atoms with Crippen molar-refractivity contribution in [1.29, 1.82) is 0 Å². The molecule has 3 aromatic carbocycles. The average molecular weight is 599 g/mol. The Kier molecular flexibility index (Phi) is 16.2. The molecule has 44 heavy (non-hydrogen) atoms. The van der Waals surface area contributed by atoms with Crippen LogP contribution < -0.4 is 0 Å². The standard InChI is InChI=1S/2C12H14O2.C8H8.C4H6N2O2/c2*1-2-14-12(13)11-8-10(11)9-6-4-3-5-7-9;1-2-8-6-4-3-5-7-8;1-2-8-4(7)3-6-5/h2*3-7,10-11H,2,8H2,1H3;2-7H,1H2;3H,2H2,1H3/t10-,11+;10-,11-;;/m01../s1. The summed E-state index contributed by atoms with van der Waals surface area (Å²) in [6, 6.07) is 30.3. The highest BCUT2D eigenvalue weighted by molar-refractivity contribution is 6.20. The van der Waals surface area contributed by atoms with Crippen molar-refractivity contribution < 1.29 is 33.4 Å². The first-order valence-electron chi connectivity index (χ1n) is 14.8. The lowest BCUT2D eigenvalue weighted by Gasteiger charge is -2.00. The quantitative estimate of drug-likeness (QED) is 0.0871. The molecule has 3 aromatic rings. The summed E-state index contributed by atoms with van der Waals surface area (Å²) in [7, 11) is 0. The molecule has 2 fully saturated rings. The molecule has 232 valence electrons. The molecule has 2 aliphatic carbocycles. The van der Waals surface area contributed by atoms with Gasteiger partial charge in [-0.1, -0.05) is 104 Å². The van der Waals surface area contributed by atoms with Crippen LogP contribution >= 0.6 is 0 Å². The number of esters is 3. The number of ether oxygens (including phenoxy) is 3. The monoisotopic (exact) mass is 598 g/mol. The minimum Gasteiger partial charge on any atom is -0.466 e. The van der Waals surface area contributed by atoms with E-state index in [1.807, 2.05) is 86.7 Å². The van der Waals surface area contributed by atoms with Crippen LogP contribution in [0.25, 0.3) is 11.6 Å². The molecular weight excluding hydrogens is 556 g/mol. The summed E-state index contributed by atoms with van der Waals surface area (Å²) in [5.41, 5.74) is 11.4. The molecular formula is C36H42N2O6. The molecule has 4 atom stereocenters. The lowest BCUT2D eigenvalue weighted by molar-refractivity contribution is -0.145. The van der Waals surface area contributed by atoms with E-state index in [9.17, 15) is 14.4 Å². The van der Waals surface area contributed by atoms with E-state index >= 15 is 0 Å². The number of rotatable bonds is 9. The Bertz CT molecular complexity index is 1270. The normalized spacial score (nSPS) is 18.3. The van der Waals surface area contributed by atoms with Crippen LogP contribution in [0.1, 0.15) is 62.1 Å². The van der Waals surface area contributed by atoms with Gasteiger partial charge in [-0.3, -0.25) is 9.59 Å². The second kappa shape index (κ2) is 20.2. The maximum atomic E-state index is 11.4. The van der Waals surface area contributed by atoms with Gasteiger partial charge in [0.25, 0.3) is 0 Å². The molecule has 0 aromatic heterocycles. The summed E-state index contributed by atoms with van der Waals surface area (Å²) in [5.74, 6) is 0.304. The second-order valence-corrected chi connectivity index (χ2v) is 9.83. The summed E-state index contributed by atoms with van der Waals surface area (Å²) in [6.07, 6.45) is 4.43. The van der Waals surface area contributed by atoms with Crippen LogP contribution in [0.4, 0.5) is 0 Å². The van der Waals surface area contributed by atoms with Crippen LogP contribution in [0.3, 0.4) is 0 Å². The summed E-state index contributed by atoms with van der Waals surface area (Å²) in [6.45, 7) is 10.3. The van der Waals surface area contributed by atoms with Crippen molar-refractivity contribution in [2.75, 3.05) is 19.8 Å². The largest absolute Gasteiger partial charge is 0.466 e. The topological polar surface area (TPSA) is 115 Å². The predicted molar refractivity (Wildman–Crippen MR) is 171 cm³/mol. The molecule has 0 N–H and O–H groups in total. The number of carbonyl (C=O) groups excluding carboxylic acids is 3. The first-order chi connectivity index (χ1) is 21.4. The number of nitrogens with zero attached hydrogens (tertiary/aromatic N) is 2. The average Bonchev–Trinajstić information content (AvgIpc) is 3.99. The third-order valence-corrected chi connectivity index (χ3v) is 6.70. The van der Waals surface area contributed by atoms with E-state index in [1.54, 1.807) is 6.92 Å². The van der Waals surface area contributed by atoms with Gasteiger partial charge in [-0.05, 0) is 62.1 Å². The maximum absolute atomic E-state index is 11.4. The Morgan fingerprint density at radius 1 is 0.705 bits per heavy atom. The third-order valence-electron chi connectivity index (χ3n) is 6.70. The van der Waals surface area contributed by atoms with Crippen molar-refractivity contribution in [3.8, 4) is 0 Å². The summed E-state index contributed by atoms with van der Waals surface area (Å²) in [5, 5.41) is 0. The fourth-order valence-electron chi connectivity index (χ4n) is 4.36. The Balaban J connectivity index is 0.000000212. The summed E-state index contributed by atoms with van der Waals surface area (Å²) in [4.78, 5) is 35.3. The highest BCUT2D eigenvalue weighted by Crippen LogP contribution is 2.48. The van der Waals surface area contributed by atoms with Crippen molar-refractivity contribution in [3.63, 3.8) is 0 Å². The molecule has 0 aliphatic heterocycles. The van der Waals surface area contributed by atoms with Gasteiger partial charge in [0.15, 0.2) is 0 Å². The molecule has 8 nitrogen and oxygen atoms in total. The highest BCUT2D eigenvalue weighted by Gasteiger charge is 2.45. The molecule has 0 heterocycles. The zero-order valence-electron chi connectivity index (χ0n) is 25.7. The Hall–Kier alpha value is -4.81. The lowest BCUT2D eigenvalue weighted by atomic mass is 10.1. The van der Waals surface area contributed by atoms with Crippen LogP contribution in [0.2, 0.25) is 0 Å². The van der Waals surface area contributed by atoms with Gasteiger partial charge in [-0.25, -0.2) is 4.79 Å². The van der Waals surface area contributed by atoms with Gasteiger partial charge in [-0.15, -0.1) is 0 Å². The predicted octanol–water partition coefficient (Wildman–Crippen LogP) is 6.89. The highest BCUT2D eigenvalue weighted by atomic mass is 16.5. The third kappa shape index (κ3) is 13.0. The van der Waals surface area contributed by atoms with E-state index in [2.05, 4.69) is 40.4 Å². The van der Waals surface area contributed by atoms with E-state index < -0.39 is 5.97 Å². The van der Waals surface area contributed by atoms with E-state index in [-0.39, 0.29) is 23.8 Å². The molecule has 0 saturated heterocycles. The number of hydrogen-bond donors (Lipinski definition) is 0. The van der Waals surface area contributed by atoms with Crippen LogP contribution in [-0.4, -0.2) is 48.7 Å². The summed E-state index contributed by atoms with van der Waals surface area (Å²) >= 11 is 0. The zero-order chi connectivity index (χ0) is 32.2. The Morgan fingerprint density at radius 3 is 1.41 bits per heavy atom. The molecule has 0 radical (unpaired) electrons. The molecule has 0 spiro atoms. The Morgan fingerprint density at radius 2 is 1.09 bits per heavy atom. The van der Waals surface area contributed by atoms with Crippen LogP contribution in [0.15, 0.2) is 97.6 Å². The van der Waals surface area contributed by atoms with Gasteiger partial charge in [0.1, 0.15) is 0 Å². The molecule has 8 heteroatoms. The van der Waals surface area contributed by atoms with Crippen LogP contribution in [0.5, 0.6) is 0 Å². The molecule has 0 amide bonds. The lowest BCUT2D eigenvalue weighted by Crippen LogP contribution is -2.07. The molecule has 5 rings (SSSR count). The molecule has 0 bridgehead atoms. The Labute approximate surface area is 260 Å². The van der Waals surface area contributed by atoms with Gasteiger partial charge >= 0.3 is 24.1 Å². The number of carbonyl (C=O) groups is 3. The maximum Gasteiger partial charge on any atom is 0.413 e. The first kappa shape index (κ1) is 35.4. The van der Waals surface area contributed by atoms with Crippen LogP contribution in [0, 0.1) is 11.8 Å². The summed E-state index contributed by atoms with van der Waals surface area (Å²) < 4.78 is 14.3.